The van der Waals surface area contributed by atoms with Crippen molar-refractivity contribution in [3.8, 4) is 11.5 Å². The molecule has 5 nitrogen and oxygen atoms in total. The van der Waals surface area contributed by atoms with Crippen molar-refractivity contribution in [3.05, 3.63) is 22.9 Å². The van der Waals surface area contributed by atoms with Gasteiger partial charge in [-0.3, -0.25) is 0 Å². The first kappa shape index (κ1) is 25.2. The second kappa shape index (κ2) is 8.81. The molecule has 0 saturated carbocycles. The summed E-state index contributed by atoms with van der Waals surface area (Å²) < 4.78 is 129. The lowest BCUT2D eigenvalue weighted by atomic mass is 9.99. The molecule has 2 rings (SSSR count). The van der Waals surface area contributed by atoms with Crippen molar-refractivity contribution in [2.45, 2.75) is 36.7 Å². The van der Waals surface area contributed by atoms with Crippen LogP contribution >= 0.6 is 11.3 Å². The number of ether oxygens (including phenoxy) is 4. The van der Waals surface area contributed by atoms with Crippen molar-refractivity contribution in [3.63, 3.8) is 0 Å². The van der Waals surface area contributed by atoms with Gasteiger partial charge in [-0.25, -0.2) is 4.79 Å². The molecule has 176 valence electrons. The average molecular weight is 484 g/mol. The van der Waals surface area contributed by atoms with Gasteiger partial charge in [-0.1, -0.05) is 6.58 Å². The molecule has 0 amide bonds. The van der Waals surface area contributed by atoms with Crippen LogP contribution in [0.2, 0.25) is 0 Å². The lowest BCUT2D eigenvalue weighted by Crippen LogP contribution is -2.64. The summed E-state index contributed by atoms with van der Waals surface area (Å²) in [7, 11) is 0. The summed E-state index contributed by atoms with van der Waals surface area (Å²) in [6, 6.07) is 0. The molecule has 1 unspecified atom stereocenters. The maximum Gasteiger partial charge on any atom is 0.381 e. The zero-order valence-electron chi connectivity index (χ0n) is 15.7. The van der Waals surface area contributed by atoms with Gasteiger partial charge in [0.05, 0.1) is 6.61 Å². The molecule has 0 aliphatic carbocycles. The fourth-order valence-electron chi connectivity index (χ4n) is 2.18. The second-order valence-electron chi connectivity index (χ2n) is 6.58. The molecule has 1 aromatic heterocycles. The van der Waals surface area contributed by atoms with Crippen LogP contribution in [0.1, 0.15) is 6.92 Å². The molecule has 31 heavy (non-hydrogen) atoms. The Morgan fingerprint density at radius 2 is 1.61 bits per heavy atom. The number of hydrogen-bond acceptors (Lipinski definition) is 6. The topological polar surface area (TPSA) is 54.0 Å². The summed E-state index contributed by atoms with van der Waals surface area (Å²) in [5.74, 6) is -25.6. The van der Waals surface area contributed by atoms with Crippen LogP contribution in [0.4, 0.5) is 35.1 Å². The number of fused-ring (bicyclic) bond motifs is 1. The summed E-state index contributed by atoms with van der Waals surface area (Å²) >= 11 is 1.20. The van der Waals surface area contributed by atoms with Crippen molar-refractivity contribution in [1.29, 1.82) is 0 Å². The van der Waals surface area contributed by atoms with Gasteiger partial charge in [0.25, 0.3) is 0 Å². The van der Waals surface area contributed by atoms with Gasteiger partial charge in [0, 0.05) is 16.3 Å². The number of hydrogen-bond donors (Lipinski definition) is 0. The lowest BCUT2D eigenvalue weighted by molar-refractivity contribution is -0.375. The van der Waals surface area contributed by atoms with Gasteiger partial charge in [0.2, 0.25) is 0 Å². The molecule has 0 aromatic carbocycles. The van der Waals surface area contributed by atoms with Gasteiger partial charge >= 0.3 is 29.7 Å². The van der Waals surface area contributed by atoms with Gasteiger partial charge < -0.3 is 18.9 Å². The first-order valence-corrected chi connectivity index (χ1v) is 9.34. The van der Waals surface area contributed by atoms with E-state index in [9.17, 15) is 39.9 Å². The van der Waals surface area contributed by atoms with Crippen LogP contribution in [-0.2, 0) is 14.3 Å². The van der Waals surface area contributed by atoms with E-state index in [-0.39, 0.29) is 12.4 Å². The Morgan fingerprint density at radius 1 is 1.06 bits per heavy atom. The van der Waals surface area contributed by atoms with E-state index in [1.807, 2.05) is 0 Å². The minimum atomic E-state index is -6.59. The molecule has 1 aromatic rings. The number of halogens is 8. The Hall–Kier alpha value is -2.09. The Kier molecular flexibility index (Phi) is 7.15. The monoisotopic (exact) mass is 484 g/mol. The van der Waals surface area contributed by atoms with Crippen LogP contribution in [0, 0.1) is 0 Å². The Labute approximate surface area is 174 Å². The molecule has 0 fully saturated rings. The van der Waals surface area contributed by atoms with Gasteiger partial charge in [-0.2, -0.15) is 35.1 Å². The zero-order valence-corrected chi connectivity index (χ0v) is 16.6. The summed E-state index contributed by atoms with van der Waals surface area (Å²) in [5.41, 5.74) is -0.493. The molecule has 1 aliphatic rings. The van der Waals surface area contributed by atoms with Crippen molar-refractivity contribution >= 4 is 17.3 Å². The summed E-state index contributed by atoms with van der Waals surface area (Å²) in [6.45, 7) is -1.89. The predicted octanol–water partition coefficient (Wildman–Crippen LogP) is 4.57. The third-order valence-electron chi connectivity index (χ3n) is 3.94. The van der Waals surface area contributed by atoms with Gasteiger partial charge in [-0.05, 0) is 6.92 Å². The number of carbonyl (C=O) groups is 1. The summed E-state index contributed by atoms with van der Waals surface area (Å²) in [6.07, 6.45) is -1.02. The fraction of sp³-hybridized carbons (Fsp3) is 0.588. The van der Waals surface area contributed by atoms with Crippen LogP contribution in [0.3, 0.4) is 0 Å². The van der Waals surface area contributed by atoms with Crippen LogP contribution in [0.15, 0.2) is 22.9 Å². The maximum absolute atomic E-state index is 13.8. The zero-order chi connectivity index (χ0) is 23.7. The standard InChI is InChI=1S/C17H16F8O5S/c1-9(2)13(26)29-8-15(20,21)17(24,25)16(22,23)14(18,19)7-27-3-10-4-28-11-5-31-6-12(11)30-10/h5-6,10H,1,3-4,7-8H2,2H3. The van der Waals surface area contributed by atoms with E-state index < -0.39 is 61.2 Å². The van der Waals surface area contributed by atoms with Gasteiger partial charge in [0.15, 0.2) is 24.2 Å². The fourth-order valence-corrected chi connectivity index (χ4v) is 2.85. The highest BCUT2D eigenvalue weighted by Gasteiger charge is 2.80. The lowest BCUT2D eigenvalue weighted by Gasteiger charge is -2.36. The van der Waals surface area contributed by atoms with Crippen molar-refractivity contribution in [2.24, 2.45) is 0 Å². The number of carbonyl (C=O) groups excluding carboxylic acids is 1. The predicted molar refractivity (Wildman–Crippen MR) is 90.6 cm³/mol. The van der Waals surface area contributed by atoms with Crippen molar-refractivity contribution < 1.29 is 58.9 Å². The minimum Gasteiger partial charge on any atom is -0.485 e. The van der Waals surface area contributed by atoms with Crippen LogP contribution in [-0.4, -0.2) is 62.2 Å². The number of thiophene rings is 1. The van der Waals surface area contributed by atoms with Crippen molar-refractivity contribution in [2.75, 3.05) is 26.4 Å². The van der Waals surface area contributed by atoms with E-state index in [0.717, 1.165) is 6.92 Å². The second-order valence-corrected chi connectivity index (χ2v) is 7.32. The molecular weight excluding hydrogens is 468 g/mol. The average Bonchev–Trinajstić information content (AvgIpc) is 3.13. The van der Waals surface area contributed by atoms with E-state index in [4.69, 9.17) is 9.47 Å². The highest BCUT2D eigenvalue weighted by atomic mass is 32.1. The van der Waals surface area contributed by atoms with E-state index in [1.54, 1.807) is 5.38 Å². The Bertz CT molecular complexity index is 810. The molecule has 0 N–H and O–H groups in total. The normalized spacial score (nSPS) is 17.4. The largest absolute Gasteiger partial charge is 0.485 e. The highest BCUT2D eigenvalue weighted by Crippen LogP contribution is 2.52. The third-order valence-corrected chi connectivity index (χ3v) is 4.64. The van der Waals surface area contributed by atoms with Gasteiger partial charge in [0.1, 0.15) is 13.2 Å². The minimum absolute atomic E-state index is 0.200. The molecule has 0 bridgehead atoms. The van der Waals surface area contributed by atoms with Crippen LogP contribution in [0.5, 0.6) is 11.5 Å². The molecule has 1 aliphatic heterocycles. The van der Waals surface area contributed by atoms with E-state index in [0.29, 0.717) is 5.75 Å². The van der Waals surface area contributed by atoms with Gasteiger partial charge in [-0.15, -0.1) is 11.3 Å². The number of esters is 1. The Morgan fingerprint density at radius 3 is 2.19 bits per heavy atom. The summed E-state index contributed by atoms with van der Waals surface area (Å²) in [4.78, 5) is 11.0. The maximum atomic E-state index is 13.8. The number of rotatable bonds is 10. The SMILES string of the molecule is C=C(C)C(=O)OCC(F)(F)C(F)(F)C(F)(F)C(F)(F)COCC1COc2cscc2O1. The third kappa shape index (κ3) is 5.05. The highest BCUT2D eigenvalue weighted by molar-refractivity contribution is 7.08. The number of alkyl halides is 8. The van der Waals surface area contributed by atoms with E-state index in [2.05, 4.69) is 16.1 Å². The first-order chi connectivity index (χ1) is 14.1. The quantitative estimate of drug-likeness (QED) is 0.277. The van der Waals surface area contributed by atoms with Crippen molar-refractivity contribution in [1.82, 2.24) is 0 Å². The van der Waals surface area contributed by atoms with Crippen LogP contribution in [0.25, 0.3) is 0 Å². The van der Waals surface area contributed by atoms with Crippen LogP contribution < -0.4 is 9.47 Å². The summed E-state index contributed by atoms with van der Waals surface area (Å²) in [5, 5.41) is 3.09. The molecule has 0 saturated heterocycles. The van der Waals surface area contributed by atoms with E-state index in [1.165, 1.54) is 16.7 Å². The Balaban J connectivity index is 2.00. The first-order valence-electron chi connectivity index (χ1n) is 8.39. The molecule has 14 heteroatoms. The molecular formula is C17H16F8O5S. The molecule has 0 spiro atoms. The van der Waals surface area contributed by atoms with E-state index >= 15 is 0 Å². The molecule has 1 atom stereocenters. The molecule has 0 radical (unpaired) electrons. The molecule has 2 heterocycles. The smallest absolute Gasteiger partial charge is 0.381 e.